The number of rotatable bonds is 6. The standard InChI is InChI=1S/C10H17FN4O/c1-4-15(5-6-16-3)9-8(11)7-13-10(12-2)14-9/h7H,4-6H2,1-3H3,(H,12,13,14). The van der Waals surface area contributed by atoms with Crippen LogP contribution in [-0.4, -0.2) is 43.8 Å². The molecule has 0 aliphatic rings. The molecule has 0 saturated carbocycles. The maximum absolute atomic E-state index is 13.5. The summed E-state index contributed by atoms with van der Waals surface area (Å²) >= 11 is 0. The van der Waals surface area contributed by atoms with E-state index in [0.29, 0.717) is 31.5 Å². The van der Waals surface area contributed by atoms with E-state index in [1.165, 1.54) is 6.20 Å². The van der Waals surface area contributed by atoms with Gasteiger partial charge in [0.1, 0.15) is 0 Å². The van der Waals surface area contributed by atoms with Gasteiger partial charge in [-0.05, 0) is 6.92 Å². The molecule has 0 aromatic carbocycles. The Kier molecular flexibility index (Phi) is 4.91. The molecule has 5 nitrogen and oxygen atoms in total. The van der Waals surface area contributed by atoms with Gasteiger partial charge in [0.05, 0.1) is 12.8 Å². The summed E-state index contributed by atoms with van der Waals surface area (Å²) in [4.78, 5) is 9.69. The third-order valence-electron chi connectivity index (χ3n) is 2.20. The number of hydrogen-bond acceptors (Lipinski definition) is 5. The SMILES string of the molecule is CCN(CCOC)c1nc(NC)ncc1F. The van der Waals surface area contributed by atoms with Gasteiger partial charge in [-0.25, -0.2) is 9.37 Å². The lowest BCUT2D eigenvalue weighted by atomic mass is 10.4. The molecule has 16 heavy (non-hydrogen) atoms. The van der Waals surface area contributed by atoms with Gasteiger partial charge in [-0.15, -0.1) is 0 Å². The second kappa shape index (κ2) is 6.22. The van der Waals surface area contributed by atoms with Crippen molar-refractivity contribution in [3.8, 4) is 0 Å². The highest BCUT2D eigenvalue weighted by atomic mass is 19.1. The monoisotopic (exact) mass is 228 g/mol. The van der Waals surface area contributed by atoms with Crippen molar-refractivity contribution in [2.24, 2.45) is 0 Å². The van der Waals surface area contributed by atoms with Crippen LogP contribution in [0.3, 0.4) is 0 Å². The van der Waals surface area contributed by atoms with E-state index in [9.17, 15) is 4.39 Å². The van der Waals surface area contributed by atoms with Crippen LogP contribution < -0.4 is 10.2 Å². The molecule has 1 aromatic rings. The molecule has 0 saturated heterocycles. The molecule has 0 unspecified atom stereocenters. The van der Waals surface area contributed by atoms with Gasteiger partial charge < -0.3 is 15.0 Å². The van der Waals surface area contributed by atoms with E-state index >= 15 is 0 Å². The number of halogens is 1. The summed E-state index contributed by atoms with van der Waals surface area (Å²) < 4.78 is 18.5. The summed E-state index contributed by atoms with van der Waals surface area (Å²) in [6, 6.07) is 0. The lowest BCUT2D eigenvalue weighted by Crippen LogP contribution is -2.29. The predicted octanol–water partition coefficient (Wildman–Crippen LogP) is 1.13. The number of nitrogens with one attached hydrogen (secondary N) is 1. The molecule has 1 aromatic heterocycles. The van der Waals surface area contributed by atoms with Crippen molar-refractivity contribution >= 4 is 11.8 Å². The predicted molar refractivity (Wildman–Crippen MR) is 61.3 cm³/mol. The summed E-state index contributed by atoms with van der Waals surface area (Å²) in [6.45, 7) is 3.74. The number of likely N-dealkylation sites (N-methyl/N-ethyl adjacent to an activating group) is 1. The van der Waals surface area contributed by atoms with Crippen LogP contribution >= 0.6 is 0 Å². The van der Waals surface area contributed by atoms with Crippen molar-refractivity contribution in [2.45, 2.75) is 6.92 Å². The number of methoxy groups -OCH3 is 1. The summed E-state index contributed by atoms with van der Waals surface area (Å²) in [5, 5.41) is 2.78. The van der Waals surface area contributed by atoms with Crippen LogP contribution in [0.25, 0.3) is 0 Å². The molecular weight excluding hydrogens is 211 g/mol. The molecule has 1 rings (SSSR count). The van der Waals surface area contributed by atoms with Crippen LogP contribution in [0.1, 0.15) is 6.92 Å². The zero-order chi connectivity index (χ0) is 12.0. The largest absolute Gasteiger partial charge is 0.383 e. The van der Waals surface area contributed by atoms with E-state index < -0.39 is 5.82 Å². The molecule has 1 heterocycles. The minimum absolute atomic E-state index is 0.305. The number of nitrogens with zero attached hydrogens (tertiary/aromatic N) is 3. The molecule has 1 N–H and O–H groups in total. The molecule has 90 valence electrons. The van der Waals surface area contributed by atoms with E-state index in [1.807, 2.05) is 6.92 Å². The van der Waals surface area contributed by atoms with Gasteiger partial charge in [0.15, 0.2) is 11.6 Å². The molecule has 0 aliphatic carbocycles. The summed E-state index contributed by atoms with van der Waals surface area (Å²) in [5.41, 5.74) is 0. The van der Waals surface area contributed by atoms with Crippen molar-refractivity contribution in [2.75, 3.05) is 44.1 Å². The fraction of sp³-hybridized carbons (Fsp3) is 0.600. The second-order valence-corrected chi connectivity index (χ2v) is 3.19. The van der Waals surface area contributed by atoms with Crippen LogP contribution in [-0.2, 0) is 4.74 Å². The topological polar surface area (TPSA) is 50.3 Å². The van der Waals surface area contributed by atoms with E-state index in [1.54, 1.807) is 19.1 Å². The maximum atomic E-state index is 13.5. The Morgan fingerprint density at radius 2 is 2.31 bits per heavy atom. The van der Waals surface area contributed by atoms with Crippen molar-refractivity contribution in [3.63, 3.8) is 0 Å². The van der Waals surface area contributed by atoms with Crippen LogP contribution in [0.15, 0.2) is 6.20 Å². The number of aromatic nitrogens is 2. The fourth-order valence-electron chi connectivity index (χ4n) is 1.32. The highest BCUT2D eigenvalue weighted by Gasteiger charge is 2.12. The first kappa shape index (κ1) is 12.6. The highest BCUT2D eigenvalue weighted by Crippen LogP contribution is 2.16. The van der Waals surface area contributed by atoms with Crippen LogP contribution in [0.4, 0.5) is 16.2 Å². The minimum atomic E-state index is -0.419. The lowest BCUT2D eigenvalue weighted by molar-refractivity contribution is 0.205. The number of anilines is 2. The quantitative estimate of drug-likeness (QED) is 0.791. The lowest BCUT2D eigenvalue weighted by Gasteiger charge is -2.21. The first-order valence-corrected chi connectivity index (χ1v) is 5.17. The van der Waals surface area contributed by atoms with E-state index in [4.69, 9.17) is 4.74 Å². The summed E-state index contributed by atoms with van der Waals surface area (Å²) in [6.07, 6.45) is 1.17. The molecule has 0 fully saturated rings. The van der Waals surface area contributed by atoms with Crippen molar-refractivity contribution in [1.82, 2.24) is 9.97 Å². The fourth-order valence-corrected chi connectivity index (χ4v) is 1.32. The Morgan fingerprint density at radius 3 is 2.88 bits per heavy atom. The van der Waals surface area contributed by atoms with E-state index in [-0.39, 0.29) is 0 Å². The zero-order valence-corrected chi connectivity index (χ0v) is 9.83. The van der Waals surface area contributed by atoms with Gasteiger partial charge in [0.25, 0.3) is 0 Å². The van der Waals surface area contributed by atoms with Crippen molar-refractivity contribution in [1.29, 1.82) is 0 Å². The van der Waals surface area contributed by atoms with Gasteiger partial charge in [0.2, 0.25) is 5.95 Å². The molecule has 0 aliphatic heterocycles. The third kappa shape index (κ3) is 3.03. The van der Waals surface area contributed by atoms with Gasteiger partial charge in [-0.3, -0.25) is 0 Å². The van der Waals surface area contributed by atoms with E-state index in [2.05, 4.69) is 15.3 Å². The normalized spacial score (nSPS) is 10.2. The summed E-state index contributed by atoms with van der Waals surface area (Å²) in [5.74, 6) is 0.295. The van der Waals surface area contributed by atoms with E-state index in [0.717, 1.165) is 0 Å². The third-order valence-corrected chi connectivity index (χ3v) is 2.20. The molecule has 0 bridgehead atoms. The summed E-state index contributed by atoms with van der Waals surface area (Å²) in [7, 11) is 3.31. The average Bonchev–Trinajstić information content (AvgIpc) is 2.32. The first-order valence-electron chi connectivity index (χ1n) is 5.17. The Balaban J connectivity index is 2.89. The highest BCUT2D eigenvalue weighted by molar-refractivity contribution is 5.43. The maximum Gasteiger partial charge on any atom is 0.224 e. The average molecular weight is 228 g/mol. The van der Waals surface area contributed by atoms with Gasteiger partial charge in [-0.1, -0.05) is 0 Å². The van der Waals surface area contributed by atoms with Gasteiger partial charge in [-0.2, -0.15) is 4.98 Å². The van der Waals surface area contributed by atoms with Crippen LogP contribution in [0, 0.1) is 5.82 Å². The molecule has 0 amide bonds. The van der Waals surface area contributed by atoms with Crippen LogP contribution in [0.2, 0.25) is 0 Å². The Hall–Kier alpha value is -1.43. The molecule has 0 atom stereocenters. The molecule has 0 spiro atoms. The number of hydrogen-bond donors (Lipinski definition) is 1. The molecule has 0 radical (unpaired) electrons. The Morgan fingerprint density at radius 1 is 1.56 bits per heavy atom. The zero-order valence-electron chi connectivity index (χ0n) is 9.83. The second-order valence-electron chi connectivity index (χ2n) is 3.19. The van der Waals surface area contributed by atoms with Gasteiger partial charge >= 0.3 is 0 Å². The molecular formula is C10H17FN4O. The Bertz CT molecular complexity index is 335. The minimum Gasteiger partial charge on any atom is -0.383 e. The molecule has 6 heteroatoms. The smallest absolute Gasteiger partial charge is 0.224 e. The number of ether oxygens (including phenoxy) is 1. The van der Waals surface area contributed by atoms with Crippen molar-refractivity contribution in [3.05, 3.63) is 12.0 Å². The van der Waals surface area contributed by atoms with Crippen LogP contribution in [0.5, 0.6) is 0 Å². The first-order chi connectivity index (χ1) is 7.72. The van der Waals surface area contributed by atoms with Gasteiger partial charge in [0, 0.05) is 27.2 Å². The van der Waals surface area contributed by atoms with Crippen molar-refractivity contribution < 1.29 is 9.13 Å². The Labute approximate surface area is 94.6 Å².